The van der Waals surface area contributed by atoms with Gasteiger partial charge in [0.15, 0.2) is 0 Å². The molecule has 1 aromatic rings. The van der Waals surface area contributed by atoms with Gasteiger partial charge in [0.1, 0.15) is 5.75 Å². The Bertz CT molecular complexity index is 409. The predicted octanol–water partition coefficient (Wildman–Crippen LogP) is 2.98. The van der Waals surface area contributed by atoms with Gasteiger partial charge in [-0.3, -0.25) is 5.32 Å². The summed E-state index contributed by atoms with van der Waals surface area (Å²) in [5.74, 6) is 0.520. The van der Waals surface area contributed by atoms with Crippen molar-refractivity contribution in [2.24, 2.45) is 0 Å². The van der Waals surface area contributed by atoms with Crippen molar-refractivity contribution in [1.82, 2.24) is 0 Å². The molecule has 0 spiro atoms. The van der Waals surface area contributed by atoms with Crippen LogP contribution in [-0.2, 0) is 11.3 Å². The first-order valence-corrected chi connectivity index (χ1v) is 5.40. The summed E-state index contributed by atoms with van der Waals surface area (Å²) in [6.45, 7) is 2.61. The van der Waals surface area contributed by atoms with Gasteiger partial charge < -0.3 is 14.6 Å². The number of hydrogen-bond donors (Lipinski definition) is 2. The molecule has 17 heavy (non-hydrogen) atoms. The maximum atomic E-state index is 10.5. The molecule has 1 aromatic carbocycles. The molecule has 0 aliphatic carbocycles. The zero-order valence-corrected chi connectivity index (χ0v) is 10.4. The number of rotatable bonds is 5. The lowest BCUT2D eigenvalue weighted by atomic mass is 10.2. The molecule has 6 heteroatoms. The molecule has 0 fully saturated rings. The number of nitrogens with one attached hydrogen (secondary N) is 1. The van der Waals surface area contributed by atoms with Crippen LogP contribution in [0.2, 0.25) is 5.02 Å². The second kappa shape index (κ2) is 6.32. The van der Waals surface area contributed by atoms with Crippen LogP contribution in [0, 0.1) is 0 Å². The van der Waals surface area contributed by atoms with Gasteiger partial charge in [-0.1, -0.05) is 11.6 Å². The maximum absolute atomic E-state index is 10.5. The summed E-state index contributed by atoms with van der Waals surface area (Å²) in [4.78, 5) is 10.5. The number of carbonyl (C=O) groups is 1. The number of ether oxygens (including phenoxy) is 2. The van der Waals surface area contributed by atoms with Crippen molar-refractivity contribution >= 4 is 23.4 Å². The normalized spacial score (nSPS) is 10.1. The number of halogens is 1. The molecular weight excluding hydrogens is 246 g/mol. The van der Waals surface area contributed by atoms with E-state index < -0.39 is 6.09 Å². The Labute approximate surface area is 104 Å². The Morgan fingerprint density at radius 1 is 1.53 bits per heavy atom. The molecule has 0 atom stereocenters. The fourth-order valence-corrected chi connectivity index (χ4v) is 1.71. The average Bonchev–Trinajstić information content (AvgIpc) is 2.22. The summed E-state index contributed by atoms with van der Waals surface area (Å²) in [6, 6.07) is 3.13. The zero-order chi connectivity index (χ0) is 12.8. The van der Waals surface area contributed by atoms with Crippen molar-refractivity contribution in [2.75, 3.05) is 19.0 Å². The SMILES string of the molecule is CCOc1c(Cl)cc(NC(=O)O)cc1COC. The van der Waals surface area contributed by atoms with Gasteiger partial charge in [-0.05, 0) is 19.1 Å². The molecule has 0 aliphatic heterocycles. The number of carboxylic acid groups (broad SMARTS) is 1. The minimum Gasteiger partial charge on any atom is -0.492 e. The summed E-state index contributed by atoms with van der Waals surface area (Å²) < 4.78 is 10.4. The van der Waals surface area contributed by atoms with Gasteiger partial charge in [0.25, 0.3) is 0 Å². The highest BCUT2D eigenvalue weighted by molar-refractivity contribution is 6.32. The van der Waals surface area contributed by atoms with Crippen LogP contribution in [0.5, 0.6) is 5.75 Å². The van der Waals surface area contributed by atoms with Crippen LogP contribution in [0.25, 0.3) is 0 Å². The van der Waals surface area contributed by atoms with Gasteiger partial charge in [0.05, 0.1) is 18.2 Å². The fourth-order valence-electron chi connectivity index (χ4n) is 1.41. The highest BCUT2D eigenvalue weighted by Crippen LogP contribution is 2.33. The Kier molecular flexibility index (Phi) is 5.06. The van der Waals surface area contributed by atoms with Gasteiger partial charge in [-0.2, -0.15) is 0 Å². The lowest BCUT2D eigenvalue weighted by molar-refractivity contribution is 0.180. The van der Waals surface area contributed by atoms with Crippen LogP contribution in [0.3, 0.4) is 0 Å². The summed E-state index contributed by atoms with van der Waals surface area (Å²) in [5, 5.41) is 11.2. The van der Waals surface area contributed by atoms with E-state index in [-0.39, 0.29) is 0 Å². The van der Waals surface area contributed by atoms with Crippen LogP contribution in [0.15, 0.2) is 12.1 Å². The third-order valence-electron chi connectivity index (χ3n) is 1.96. The topological polar surface area (TPSA) is 67.8 Å². The quantitative estimate of drug-likeness (QED) is 0.853. The molecule has 1 rings (SSSR count). The Hall–Kier alpha value is -1.46. The zero-order valence-electron chi connectivity index (χ0n) is 9.62. The Morgan fingerprint density at radius 2 is 2.24 bits per heavy atom. The fraction of sp³-hybridized carbons (Fsp3) is 0.364. The maximum Gasteiger partial charge on any atom is 0.409 e. The average molecular weight is 260 g/mol. The van der Waals surface area contributed by atoms with E-state index in [1.807, 2.05) is 6.92 Å². The second-order valence-corrected chi connectivity index (χ2v) is 3.65. The van der Waals surface area contributed by atoms with Gasteiger partial charge >= 0.3 is 6.09 Å². The summed E-state index contributed by atoms with van der Waals surface area (Å²) >= 11 is 6.02. The van der Waals surface area contributed by atoms with Gasteiger partial charge in [0.2, 0.25) is 0 Å². The minimum atomic E-state index is -1.14. The molecule has 0 radical (unpaired) electrons. The van der Waals surface area contributed by atoms with E-state index in [4.69, 9.17) is 26.2 Å². The standard InChI is InChI=1S/C11H14ClNO4/c1-3-17-10-7(6-16-2)4-8(5-9(10)12)13-11(14)15/h4-5,13H,3,6H2,1-2H3,(H,14,15). The number of amides is 1. The molecule has 0 bridgehead atoms. The summed E-state index contributed by atoms with van der Waals surface area (Å²) in [7, 11) is 1.54. The molecule has 0 saturated heterocycles. The van der Waals surface area contributed by atoms with E-state index in [9.17, 15) is 4.79 Å². The molecule has 0 aliphatic rings. The van der Waals surface area contributed by atoms with E-state index in [0.717, 1.165) is 0 Å². The lowest BCUT2D eigenvalue weighted by Crippen LogP contribution is -2.08. The Morgan fingerprint density at radius 3 is 2.76 bits per heavy atom. The monoisotopic (exact) mass is 259 g/mol. The van der Waals surface area contributed by atoms with Gasteiger partial charge in [-0.15, -0.1) is 0 Å². The molecule has 94 valence electrons. The molecule has 5 nitrogen and oxygen atoms in total. The number of hydrogen-bond acceptors (Lipinski definition) is 3. The van der Waals surface area contributed by atoms with Crippen molar-refractivity contribution in [3.05, 3.63) is 22.7 Å². The first-order valence-electron chi connectivity index (χ1n) is 5.02. The molecular formula is C11H14ClNO4. The van der Waals surface area contributed by atoms with Crippen LogP contribution >= 0.6 is 11.6 Å². The molecule has 1 amide bonds. The van der Waals surface area contributed by atoms with Crippen molar-refractivity contribution in [3.63, 3.8) is 0 Å². The first-order chi connectivity index (χ1) is 8.08. The highest BCUT2D eigenvalue weighted by atomic mass is 35.5. The number of benzene rings is 1. The minimum absolute atomic E-state index is 0.296. The predicted molar refractivity (Wildman–Crippen MR) is 65.0 cm³/mol. The molecule has 0 aromatic heterocycles. The second-order valence-electron chi connectivity index (χ2n) is 3.24. The van der Waals surface area contributed by atoms with Crippen LogP contribution in [0.4, 0.5) is 10.5 Å². The van der Waals surface area contributed by atoms with E-state index >= 15 is 0 Å². The highest BCUT2D eigenvalue weighted by Gasteiger charge is 2.12. The summed E-state index contributed by atoms with van der Waals surface area (Å²) in [6.07, 6.45) is -1.14. The number of methoxy groups -OCH3 is 1. The Balaban J connectivity index is 3.10. The molecule has 0 heterocycles. The van der Waals surface area contributed by atoms with E-state index in [1.54, 1.807) is 13.2 Å². The lowest BCUT2D eigenvalue weighted by Gasteiger charge is -2.13. The largest absolute Gasteiger partial charge is 0.492 e. The van der Waals surface area contributed by atoms with Crippen LogP contribution in [0.1, 0.15) is 12.5 Å². The van der Waals surface area contributed by atoms with Crippen molar-refractivity contribution in [1.29, 1.82) is 0 Å². The van der Waals surface area contributed by atoms with E-state index in [0.29, 0.717) is 35.2 Å². The molecule has 2 N–H and O–H groups in total. The number of anilines is 1. The van der Waals surface area contributed by atoms with Crippen LogP contribution in [-0.4, -0.2) is 24.9 Å². The van der Waals surface area contributed by atoms with E-state index in [1.165, 1.54) is 6.07 Å². The third-order valence-corrected chi connectivity index (χ3v) is 2.24. The first kappa shape index (κ1) is 13.6. The van der Waals surface area contributed by atoms with Crippen molar-refractivity contribution in [3.8, 4) is 5.75 Å². The molecule has 0 unspecified atom stereocenters. The third kappa shape index (κ3) is 3.80. The molecule has 0 saturated carbocycles. The van der Waals surface area contributed by atoms with Crippen molar-refractivity contribution < 1.29 is 19.4 Å². The van der Waals surface area contributed by atoms with Crippen molar-refractivity contribution in [2.45, 2.75) is 13.5 Å². The van der Waals surface area contributed by atoms with Gasteiger partial charge in [-0.25, -0.2) is 4.79 Å². The van der Waals surface area contributed by atoms with E-state index in [2.05, 4.69) is 5.32 Å². The van der Waals surface area contributed by atoms with Crippen LogP contribution < -0.4 is 10.1 Å². The smallest absolute Gasteiger partial charge is 0.409 e. The van der Waals surface area contributed by atoms with Gasteiger partial charge in [0, 0.05) is 18.4 Å². The summed E-state index contributed by atoms with van der Waals surface area (Å²) in [5.41, 5.74) is 1.09.